The summed E-state index contributed by atoms with van der Waals surface area (Å²) in [5, 5.41) is 23.2. The van der Waals surface area contributed by atoms with Crippen molar-refractivity contribution in [3.8, 4) is 0 Å². The SMILES string of the molecule is CCCCCCC/C=C\C/C=C\CCCCCCCCCCCCCCCCCCCCCCCCCCCCCC(=O)NC(CO)C(O)/C=C/CC/C=C/CC/C=C/CCCCCCCCCCCCCCCCC. The third-order valence-electron chi connectivity index (χ3n) is 16.0. The van der Waals surface area contributed by atoms with Gasteiger partial charge in [-0.1, -0.05) is 351 Å². The summed E-state index contributed by atoms with van der Waals surface area (Å²) in [5.74, 6) is -0.0714. The number of carbonyl (C=O) groups is 1. The first-order valence-corrected chi connectivity index (χ1v) is 34.5. The van der Waals surface area contributed by atoms with E-state index in [2.05, 4.69) is 67.8 Å². The van der Waals surface area contributed by atoms with Crippen molar-refractivity contribution in [1.82, 2.24) is 5.32 Å². The monoisotopic (exact) mass is 1060 g/mol. The largest absolute Gasteiger partial charge is 0.394 e. The minimum atomic E-state index is -0.872. The van der Waals surface area contributed by atoms with Crippen LogP contribution in [0.3, 0.4) is 0 Å². The Morgan fingerprint density at radius 2 is 0.553 bits per heavy atom. The van der Waals surface area contributed by atoms with Gasteiger partial charge in [-0.15, -0.1) is 0 Å². The minimum absolute atomic E-state index is 0.0714. The fourth-order valence-corrected chi connectivity index (χ4v) is 10.7. The highest BCUT2D eigenvalue weighted by molar-refractivity contribution is 5.76. The van der Waals surface area contributed by atoms with Crippen molar-refractivity contribution >= 4 is 5.91 Å². The molecule has 0 aliphatic carbocycles. The highest BCUT2D eigenvalue weighted by Gasteiger charge is 2.18. The minimum Gasteiger partial charge on any atom is -0.394 e. The third kappa shape index (κ3) is 62.9. The summed E-state index contributed by atoms with van der Waals surface area (Å²) < 4.78 is 0. The number of amides is 1. The second kappa shape index (κ2) is 67.4. The van der Waals surface area contributed by atoms with E-state index < -0.39 is 12.1 Å². The van der Waals surface area contributed by atoms with Crippen molar-refractivity contribution in [1.29, 1.82) is 0 Å². The summed E-state index contributed by atoms with van der Waals surface area (Å²) >= 11 is 0. The number of carbonyl (C=O) groups excluding carboxylic acids is 1. The topological polar surface area (TPSA) is 69.6 Å². The zero-order valence-electron chi connectivity index (χ0n) is 51.5. The van der Waals surface area contributed by atoms with Crippen molar-refractivity contribution in [2.24, 2.45) is 0 Å². The number of allylic oxidation sites excluding steroid dienone is 9. The molecule has 0 aliphatic heterocycles. The van der Waals surface area contributed by atoms with Gasteiger partial charge in [-0.3, -0.25) is 4.79 Å². The predicted molar refractivity (Wildman–Crippen MR) is 341 cm³/mol. The average Bonchev–Trinajstić information content (AvgIpc) is 3.42. The maximum absolute atomic E-state index is 12.5. The lowest BCUT2D eigenvalue weighted by atomic mass is 10.0. The highest BCUT2D eigenvalue weighted by Crippen LogP contribution is 2.18. The van der Waals surface area contributed by atoms with Crippen molar-refractivity contribution in [3.05, 3.63) is 60.8 Å². The van der Waals surface area contributed by atoms with Crippen LogP contribution in [0.25, 0.3) is 0 Å². The van der Waals surface area contributed by atoms with Crippen LogP contribution in [0.1, 0.15) is 373 Å². The van der Waals surface area contributed by atoms with Crippen LogP contribution in [0.15, 0.2) is 60.8 Å². The van der Waals surface area contributed by atoms with Crippen molar-refractivity contribution in [2.45, 2.75) is 386 Å². The first-order chi connectivity index (χ1) is 37.7. The Labute approximate surface area is 477 Å². The fraction of sp³-hybridized carbons (Fsp3) is 0.847. The lowest BCUT2D eigenvalue weighted by molar-refractivity contribution is -0.123. The van der Waals surface area contributed by atoms with Gasteiger partial charge in [-0.05, 0) is 77.0 Å². The molecule has 0 aliphatic rings. The Balaban J connectivity index is 3.45. The smallest absolute Gasteiger partial charge is 0.220 e. The van der Waals surface area contributed by atoms with E-state index in [0.717, 1.165) is 44.9 Å². The van der Waals surface area contributed by atoms with Crippen LogP contribution in [0, 0.1) is 0 Å². The van der Waals surface area contributed by atoms with Gasteiger partial charge in [-0.25, -0.2) is 0 Å². The summed E-state index contributed by atoms with van der Waals surface area (Å²) in [6.07, 6.45) is 96.0. The second-order valence-corrected chi connectivity index (χ2v) is 23.6. The normalized spacial score (nSPS) is 13.1. The molecule has 0 spiro atoms. The molecule has 76 heavy (non-hydrogen) atoms. The van der Waals surface area contributed by atoms with Crippen LogP contribution < -0.4 is 5.32 Å². The molecule has 0 bridgehead atoms. The van der Waals surface area contributed by atoms with Crippen LogP contribution in [0.2, 0.25) is 0 Å². The van der Waals surface area contributed by atoms with Gasteiger partial charge >= 0.3 is 0 Å². The molecule has 4 heteroatoms. The Bertz CT molecular complexity index is 1250. The predicted octanol–water partition coefficient (Wildman–Crippen LogP) is 23.5. The maximum atomic E-state index is 12.5. The van der Waals surface area contributed by atoms with Gasteiger partial charge in [0.2, 0.25) is 5.91 Å². The van der Waals surface area contributed by atoms with Gasteiger partial charge in [0, 0.05) is 6.42 Å². The lowest BCUT2D eigenvalue weighted by Gasteiger charge is -2.19. The zero-order valence-corrected chi connectivity index (χ0v) is 51.5. The van der Waals surface area contributed by atoms with E-state index in [1.807, 2.05) is 6.08 Å². The van der Waals surface area contributed by atoms with E-state index in [1.54, 1.807) is 6.08 Å². The van der Waals surface area contributed by atoms with Gasteiger partial charge in [0.15, 0.2) is 0 Å². The van der Waals surface area contributed by atoms with Crippen molar-refractivity contribution in [3.63, 3.8) is 0 Å². The summed E-state index contributed by atoms with van der Waals surface area (Å²) in [4.78, 5) is 12.5. The molecule has 0 aromatic heterocycles. The summed E-state index contributed by atoms with van der Waals surface area (Å²) in [5.41, 5.74) is 0. The van der Waals surface area contributed by atoms with Gasteiger partial charge in [-0.2, -0.15) is 0 Å². The van der Waals surface area contributed by atoms with E-state index in [9.17, 15) is 15.0 Å². The standard InChI is InChI=1S/C72H135NO3/c1-3-5-7-9-11-13-15-17-19-21-23-25-27-29-30-31-32-33-34-35-36-37-38-39-40-41-42-44-46-48-50-52-54-56-58-60-62-64-66-68-72(76)73-70(69-74)71(75)67-65-63-61-59-57-55-53-51-49-47-45-43-28-26-24-22-20-18-16-14-12-10-8-6-4-2/h15,17,21,23,49,51,57,59,65,67,70-71,74-75H,3-14,16,18-20,22,24-48,50,52-56,58,60-64,66,68-69H2,1-2H3,(H,73,76)/b17-15-,23-21-,51-49+,59-57+,67-65+. The number of nitrogens with one attached hydrogen (secondary N) is 1. The molecule has 0 fully saturated rings. The number of aliphatic hydroxyl groups excluding tert-OH is 2. The van der Waals surface area contributed by atoms with E-state index >= 15 is 0 Å². The number of hydrogen-bond donors (Lipinski definition) is 3. The molecular formula is C72H135NO3. The van der Waals surface area contributed by atoms with Gasteiger partial charge < -0.3 is 15.5 Å². The molecule has 2 unspecified atom stereocenters. The van der Waals surface area contributed by atoms with E-state index in [0.29, 0.717) is 6.42 Å². The maximum Gasteiger partial charge on any atom is 0.220 e. The van der Waals surface area contributed by atoms with Crippen molar-refractivity contribution in [2.75, 3.05) is 6.61 Å². The highest BCUT2D eigenvalue weighted by atomic mass is 16.3. The number of aliphatic hydroxyl groups is 2. The molecule has 3 N–H and O–H groups in total. The quantitative estimate of drug-likeness (QED) is 0.0420. The van der Waals surface area contributed by atoms with Gasteiger partial charge in [0.25, 0.3) is 0 Å². The van der Waals surface area contributed by atoms with Crippen LogP contribution in [-0.2, 0) is 4.79 Å². The second-order valence-electron chi connectivity index (χ2n) is 23.6. The fourth-order valence-electron chi connectivity index (χ4n) is 10.7. The van der Waals surface area contributed by atoms with Crippen LogP contribution in [-0.4, -0.2) is 34.9 Å². The Morgan fingerprint density at radius 3 is 0.842 bits per heavy atom. The molecule has 0 aromatic rings. The average molecular weight is 1060 g/mol. The Morgan fingerprint density at radius 1 is 0.316 bits per heavy atom. The molecule has 0 radical (unpaired) electrons. The number of rotatable bonds is 64. The molecule has 4 nitrogen and oxygen atoms in total. The Kier molecular flexibility index (Phi) is 65.7. The number of unbranched alkanes of at least 4 members (excludes halogenated alkanes) is 49. The molecule has 2 atom stereocenters. The van der Waals surface area contributed by atoms with E-state index in [4.69, 9.17) is 0 Å². The molecule has 0 saturated heterocycles. The first kappa shape index (κ1) is 74.1. The summed E-state index contributed by atoms with van der Waals surface area (Å²) in [6.45, 7) is 4.32. The summed E-state index contributed by atoms with van der Waals surface area (Å²) in [7, 11) is 0. The lowest BCUT2D eigenvalue weighted by Crippen LogP contribution is -2.45. The molecule has 0 heterocycles. The van der Waals surface area contributed by atoms with Crippen molar-refractivity contribution < 1.29 is 15.0 Å². The van der Waals surface area contributed by atoms with Crippen LogP contribution in [0.4, 0.5) is 0 Å². The molecule has 0 aromatic carbocycles. The molecule has 1 amide bonds. The molecule has 0 rings (SSSR count). The molecule has 446 valence electrons. The van der Waals surface area contributed by atoms with E-state index in [1.165, 1.54) is 308 Å². The first-order valence-electron chi connectivity index (χ1n) is 34.5. The summed E-state index contributed by atoms with van der Waals surface area (Å²) in [6, 6.07) is -0.647. The van der Waals surface area contributed by atoms with Crippen LogP contribution in [0.5, 0.6) is 0 Å². The third-order valence-corrected chi connectivity index (χ3v) is 16.0. The zero-order chi connectivity index (χ0) is 54.8. The van der Waals surface area contributed by atoms with Crippen LogP contribution >= 0.6 is 0 Å². The van der Waals surface area contributed by atoms with Gasteiger partial charge in [0.1, 0.15) is 0 Å². The Hall–Kier alpha value is -1.91. The molecule has 0 saturated carbocycles. The number of hydrogen-bond acceptors (Lipinski definition) is 3. The van der Waals surface area contributed by atoms with E-state index in [-0.39, 0.29) is 12.5 Å². The van der Waals surface area contributed by atoms with Gasteiger partial charge in [0.05, 0.1) is 18.8 Å². The molecular weight excluding hydrogens is 927 g/mol.